The zero-order valence-corrected chi connectivity index (χ0v) is 9.82. The van der Waals surface area contributed by atoms with Gasteiger partial charge in [0.05, 0.1) is 5.69 Å². The molecule has 1 aliphatic heterocycles. The summed E-state index contributed by atoms with van der Waals surface area (Å²) >= 11 is 0. The average molecular weight is 235 g/mol. The first-order chi connectivity index (χ1) is 8.20. The topological polar surface area (TPSA) is 76.4 Å². The zero-order valence-electron chi connectivity index (χ0n) is 9.82. The monoisotopic (exact) mass is 235 g/mol. The van der Waals surface area contributed by atoms with Gasteiger partial charge in [0.1, 0.15) is 5.75 Å². The van der Waals surface area contributed by atoms with Gasteiger partial charge in [-0.15, -0.1) is 0 Å². The summed E-state index contributed by atoms with van der Waals surface area (Å²) in [4.78, 5) is 11.5. The normalized spacial score (nSPS) is 18.2. The Balaban J connectivity index is 2.09. The number of nitrogens with one attached hydrogen (secondary N) is 2. The van der Waals surface area contributed by atoms with E-state index < -0.39 is 6.10 Å². The van der Waals surface area contributed by atoms with Crippen molar-refractivity contribution in [3.05, 3.63) is 23.8 Å². The van der Waals surface area contributed by atoms with Crippen molar-refractivity contribution >= 4 is 11.6 Å². The highest BCUT2D eigenvalue weighted by atomic mass is 16.5. The lowest BCUT2D eigenvalue weighted by molar-refractivity contribution is -0.122. The molecule has 0 aliphatic carbocycles. The van der Waals surface area contributed by atoms with Crippen LogP contribution in [-0.2, 0) is 11.2 Å². The van der Waals surface area contributed by atoms with Crippen molar-refractivity contribution in [1.82, 2.24) is 5.32 Å². The van der Waals surface area contributed by atoms with Crippen LogP contribution in [0.25, 0.3) is 0 Å². The summed E-state index contributed by atoms with van der Waals surface area (Å²) < 4.78 is 5.48. The summed E-state index contributed by atoms with van der Waals surface area (Å²) in [6.07, 6.45) is 0.447. The van der Waals surface area contributed by atoms with Crippen molar-refractivity contribution in [3.63, 3.8) is 0 Å². The molecule has 5 nitrogen and oxygen atoms in total. The molecule has 0 bridgehead atoms. The first-order valence-electron chi connectivity index (χ1n) is 5.72. The number of amides is 1. The number of nitrogens with two attached hydrogens (primary N) is 1. The zero-order chi connectivity index (χ0) is 12.3. The Morgan fingerprint density at radius 1 is 1.53 bits per heavy atom. The molecule has 17 heavy (non-hydrogen) atoms. The van der Waals surface area contributed by atoms with Crippen molar-refractivity contribution in [3.8, 4) is 5.75 Å². The number of rotatable bonds is 4. The SMILES string of the molecule is CC1Oc2ccc(CCNCN)cc2NC1=O. The van der Waals surface area contributed by atoms with Gasteiger partial charge in [-0.25, -0.2) is 0 Å². The highest BCUT2D eigenvalue weighted by Gasteiger charge is 2.23. The number of fused-ring (bicyclic) bond motifs is 1. The van der Waals surface area contributed by atoms with Crippen molar-refractivity contribution < 1.29 is 9.53 Å². The number of carbonyl (C=O) groups excluding carboxylic acids is 1. The maximum absolute atomic E-state index is 11.5. The molecule has 0 saturated heterocycles. The van der Waals surface area contributed by atoms with Crippen molar-refractivity contribution in [1.29, 1.82) is 0 Å². The van der Waals surface area contributed by atoms with Crippen LogP contribution in [-0.4, -0.2) is 25.2 Å². The first-order valence-corrected chi connectivity index (χ1v) is 5.72. The molecule has 0 aromatic heterocycles. The van der Waals surface area contributed by atoms with Gasteiger partial charge >= 0.3 is 0 Å². The summed E-state index contributed by atoms with van der Waals surface area (Å²) in [5.74, 6) is 0.627. The Morgan fingerprint density at radius 2 is 2.35 bits per heavy atom. The predicted molar refractivity (Wildman–Crippen MR) is 65.9 cm³/mol. The number of hydrogen-bond acceptors (Lipinski definition) is 4. The molecule has 2 rings (SSSR count). The molecule has 0 radical (unpaired) electrons. The number of hydrogen-bond donors (Lipinski definition) is 3. The van der Waals surface area contributed by atoms with Crippen LogP contribution in [0, 0.1) is 0 Å². The molecule has 1 atom stereocenters. The number of benzene rings is 1. The van der Waals surface area contributed by atoms with Gasteiger partial charge in [0, 0.05) is 13.2 Å². The number of anilines is 1. The Morgan fingerprint density at radius 3 is 3.12 bits per heavy atom. The maximum atomic E-state index is 11.5. The highest BCUT2D eigenvalue weighted by molar-refractivity contribution is 5.97. The third-order valence-electron chi connectivity index (χ3n) is 2.71. The largest absolute Gasteiger partial charge is 0.479 e. The second-order valence-electron chi connectivity index (χ2n) is 4.03. The van der Waals surface area contributed by atoms with Gasteiger partial charge < -0.3 is 21.1 Å². The van der Waals surface area contributed by atoms with Crippen LogP contribution in [0.15, 0.2) is 18.2 Å². The fourth-order valence-electron chi connectivity index (χ4n) is 1.75. The van der Waals surface area contributed by atoms with Gasteiger partial charge in [-0.1, -0.05) is 6.07 Å². The molecule has 1 aromatic carbocycles. The lowest BCUT2D eigenvalue weighted by atomic mass is 10.1. The van der Waals surface area contributed by atoms with Gasteiger partial charge in [-0.3, -0.25) is 4.79 Å². The molecule has 1 aliphatic rings. The minimum Gasteiger partial charge on any atom is -0.479 e. The Labute approximate surface area is 100 Å². The summed E-state index contributed by atoms with van der Waals surface area (Å²) in [6.45, 7) is 3.03. The van der Waals surface area contributed by atoms with E-state index in [0.29, 0.717) is 6.67 Å². The van der Waals surface area contributed by atoms with E-state index in [4.69, 9.17) is 10.5 Å². The molecular formula is C12H17N3O2. The van der Waals surface area contributed by atoms with E-state index in [-0.39, 0.29) is 5.91 Å². The van der Waals surface area contributed by atoms with Crippen molar-refractivity contribution in [2.45, 2.75) is 19.4 Å². The van der Waals surface area contributed by atoms with Crippen LogP contribution in [0.4, 0.5) is 5.69 Å². The lowest BCUT2D eigenvalue weighted by Gasteiger charge is -2.23. The Bertz CT molecular complexity index is 420. The van der Waals surface area contributed by atoms with Crippen LogP contribution in [0.2, 0.25) is 0 Å². The van der Waals surface area contributed by atoms with Crippen molar-refractivity contribution in [2.75, 3.05) is 18.5 Å². The van der Waals surface area contributed by atoms with E-state index >= 15 is 0 Å². The maximum Gasteiger partial charge on any atom is 0.265 e. The minimum absolute atomic E-state index is 0.102. The van der Waals surface area contributed by atoms with Crippen LogP contribution in [0.1, 0.15) is 12.5 Å². The second-order valence-corrected chi connectivity index (χ2v) is 4.03. The summed E-state index contributed by atoms with van der Waals surface area (Å²) in [5, 5.41) is 5.88. The molecule has 0 spiro atoms. The van der Waals surface area contributed by atoms with E-state index in [1.807, 2.05) is 18.2 Å². The molecule has 5 heteroatoms. The molecule has 1 aromatic rings. The van der Waals surface area contributed by atoms with Crippen LogP contribution < -0.4 is 21.1 Å². The van der Waals surface area contributed by atoms with Crippen LogP contribution in [0.5, 0.6) is 5.75 Å². The smallest absolute Gasteiger partial charge is 0.265 e. The number of ether oxygens (including phenoxy) is 1. The third kappa shape index (κ3) is 2.75. The Hall–Kier alpha value is -1.59. The fourth-order valence-corrected chi connectivity index (χ4v) is 1.75. The third-order valence-corrected chi connectivity index (χ3v) is 2.71. The standard InChI is InChI=1S/C12H17N3O2/c1-8-12(16)15-10-6-9(4-5-14-7-13)2-3-11(10)17-8/h2-3,6,8,14H,4-5,7,13H2,1H3,(H,15,16). The van der Waals surface area contributed by atoms with Gasteiger partial charge in [-0.2, -0.15) is 0 Å². The van der Waals surface area contributed by atoms with E-state index in [2.05, 4.69) is 10.6 Å². The average Bonchev–Trinajstić information content (AvgIpc) is 2.31. The number of carbonyl (C=O) groups is 1. The van der Waals surface area contributed by atoms with E-state index in [0.717, 1.165) is 30.0 Å². The first kappa shape index (κ1) is 11.9. The predicted octanol–water partition coefficient (Wildman–Crippen LogP) is 0.454. The fraction of sp³-hybridized carbons (Fsp3) is 0.417. The molecule has 1 amide bonds. The summed E-state index contributed by atoms with van der Waals surface area (Å²) in [7, 11) is 0. The van der Waals surface area contributed by atoms with Gasteiger partial charge in [0.2, 0.25) is 0 Å². The molecule has 1 heterocycles. The van der Waals surface area contributed by atoms with Crippen LogP contribution in [0.3, 0.4) is 0 Å². The molecule has 0 fully saturated rings. The minimum atomic E-state index is -0.424. The Kier molecular flexibility index (Phi) is 3.61. The van der Waals surface area contributed by atoms with Crippen molar-refractivity contribution in [2.24, 2.45) is 5.73 Å². The molecule has 4 N–H and O–H groups in total. The molecule has 1 unspecified atom stereocenters. The van der Waals surface area contributed by atoms with Gasteiger partial charge in [-0.05, 0) is 31.0 Å². The second kappa shape index (κ2) is 5.16. The molecule has 92 valence electrons. The van der Waals surface area contributed by atoms with Gasteiger partial charge in [0.15, 0.2) is 6.10 Å². The van der Waals surface area contributed by atoms with E-state index in [9.17, 15) is 4.79 Å². The van der Waals surface area contributed by atoms with E-state index in [1.54, 1.807) is 6.92 Å². The lowest BCUT2D eigenvalue weighted by Crippen LogP contribution is -2.34. The van der Waals surface area contributed by atoms with Crippen LogP contribution >= 0.6 is 0 Å². The molecular weight excluding hydrogens is 218 g/mol. The van der Waals surface area contributed by atoms with Gasteiger partial charge in [0.25, 0.3) is 5.91 Å². The summed E-state index contributed by atoms with van der Waals surface area (Å²) in [6, 6.07) is 5.83. The summed E-state index contributed by atoms with van der Waals surface area (Å²) in [5.41, 5.74) is 7.24. The van der Waals surface area contributed by atoms with E-state index in [1.165, 1.54) is 0 Å². The molecule has 0 saturated carbocycles. The highest BCUT2D eigenvalue weighted by Crippen LogP contribution is 2.30. The quantitative estimate of drug-likeness (QED) is 0.523.